The van der Waals surface area contributed by atoms with Crippen LogP contribution in [0, 0.1) is 13.8 Å². The highest BCUT2D eigenvalue weighted by molar-refractivity contribution is 7.33. The molecule has 0 amide bonds. The van der Waals surface area contributed by atoms with E-state index >= 15 is 0 Å². The molecule has 0 saturated carbocycles. The zero-order valence-corrected chi connectivity index (χ0v) is 43.2. The zero-order chi connectivity index (χ0) is 48.9. The highest BCUT2D eigenvalue weighted by atomic mass is 32.1. The van der Waals surface area contributed by atoms with Crippen LogP contribution in [0.1, 0.15) is 109 Å². The normalized spacial score (nSPS) is 14.2. The molecule has 14 rings (SSSR count). The van der Waals surface area contributed by atoms with Gasteiger partial charge < -0.3 is 9.80 Å². The number of rotatable bonds is 6. The van der Waals surface area contributed by atoms with Gasteiger partial charge in [-0.3, -0.25) is 0 Å². The Kier molecular flexibility index (Phi) is 9.52. The molecule has 1 spiro atoms. The monoisotopic (exact) mass is 944 g/mol. The van der Waals surface area contributed by atoms with Crippen LogP contribution < -0.4 is 25.5 Å². The molecule has 72 heavy (non-hydrogen) atoms. The Bertz CT molecular complexity index is 3820. The van der Waals surface area contributed by atoms with E-state index in [2.05, 4.69) is 247 Å². The molecule has 2 nitrogen and oxygen atoms in total. The van der Waals surface area contributed by atoms with Crippen LogP contribution in [0.15, 0.2) is 182 Å². The van der Waals surface area contributed by atoms with Gasteiger partial charge in [-0.2, -0.15) is 0 Å². The predicted octanol–water partition coefficient (Wildman–Crippen LogP) is 17.0. The van der Waals surface area contributed by atoms with Crippen molar-refractivity contribution in [2.24, 2.45) is 0 Å². The maximum Gasteiger partial charge on any atom is 0.264 e. The summed E-state index contributed by atoms with van der Waals surface area (Å²) in [6.45, 7) is 18.5. The Balaban J connectivity index is 1.09. The fourth-order valence-electron chi connectivity index (χ4n) is 13.5. The Labute approximate surface area is 429 Å². The Hall–Kier alpha value is -7.40. The van der Waals surface area contributed by atoms with Gasteiger partial charge in [-0.15, -0.1) is 11.3 Å². The second kappa shape index (κ2) is 15.8. The van der Waals surface area contributed by atoms with Crippen LogP contribution in [0.2, 0.25) is 0 Å². The minimum absolute atomic E-state index is 0.0104. The topological polar surface area (TPSA) is 6.48 Å². The van der Waals surface area contributed by atoms with Gasteiger partial charge in [-0.25, -0.2) is 0 Å². The fraction of sp³-hybridized carbons (Fsp3) is 0.176. The number of hydrogen-bond acceptors (Lipinski definition) is 3. The van der Waals surface area contributed by atoms with E-state index in [1.165, 1.54) is 143 Å². The maximum absolute atomic E-state index is 2.63. The molecule has 3 heterocycles. The summed E-state index contributed by atoms with van der Waals surface area (Å²) in [5.74, 6) is 1.17. The third kappa shape index (κ3) is 5.90. The lowest BCUT2D eigenvalue weighted by atomic mass is 9.36. The molecule has 4 heteroatoms. The molecular formula is C68H57BN2S. The smallest absolute Gasteiger partial charge is 0.264 e. The molecule has 4 aliphatic rings. The molecule has 348 valence electrons. The average Bonchev–Trinajstić information content (AvgIpc) is 4.01. The largest absolute Gasteiger partial charge is 0.311 e. The Morgan fingerprint density at radius 2 is 1.07 bits per heavy atom. The van der Waals surface area contributed by atoms with Gasteiger partial charge in [0.15, 0.2) is 0 Å². The molecular weight excluding hydrogens is 888 g/mol. The third-order valence-electron chi connectivity index (χ3n) is 16.7. The summed E-state index contributed by atoms with van der Waals surface area (Å²) in [6.07, 6.45) is 0. The summed E-state index contributed by atoms with van der Waals surface area (Å²) in [5, 5.41) is 1.31. The quantitative estimate of drug-likeness (QED) is 0.153. The van der Waals surface area contributed by atoms with Crippen molar-refractivity contribution in [3.8, 4) is 33.4 Å². The highest BCUT2D eigenvalue weighted by Crippen LogP contribution is 2.64. The Morgan fingerprint density at radius 3 is 1.74 bits per heavy atom. The van der Waals surface area contributed by atoms with E-state index in [9.17, 15) is 0 Å². The van der Waals surface area contributed by atoms with E-state index in [1.807, 2.05) is 11.3 Å². The SMILES string of the molecule is Cc1ccc(N2c3cc(C)cc4c3B(c3ccc(-c5c(C(C)C)cccc5C(C)C)cc3N4c3ccccc3)c3sc4cc5c(cc4c32)-c2ccc(C(C)C)cc2C52c3ccccc3-c3ccccc32)cc1. The van der Waals surface area contributed by atoms with Gasteiger partial charge in [0, 0.05) is 43.3 Å². The summed E-state index contributed by atoms with van der Waals surface area (Å²) in [5.41, 5.74) is 30.0. The molecule has 0 atom stereocenters. The first-order valence-electron chi connectivity index (χ1n) is 26.1. The second-order valence-electron chi connectivity index (χ2n) is 21.9. The third-order valence-corrected chi connectivity index (χ3v) is 17.9. The summed E-state index contributed by atoms with van der Waals surface area (Å²) in [7, 11) is 0. The van der Waals surface area contributed by atoms with Gasteiger partial charge in [0.2, 0.25) is 0 Å². The summed E-state index contributed by atoms with van der Waals surface area (Å²) in [6, 6.07) is 70.8. The van der Waals surface area contributed by atoms with Crippen LogP contribution in [0.4, 0.5) is 34.1 Å². The second-order valence-corrected chi connectivity index (χ2v) is 23.0. The van der Waals surface area contributed by atoms with Gasteiger partial charge in [-0.05, 0) is 175 Å². The van der Waals surface area contributed by atoms with Crippen molar-refractivity contribution in [2.75, 3.05) is 9.80 Å². The minimum atomic E-state index is -0.434. The summed E-state index contributed by atoms with van der Waals surface area (Å²) >= 11 is 2.02. The van der Waals surface area contributed by atoms with Crippen molar-refractivity contribution in [3.63, 3.8) is 0 Å². The van der Waals surface area contributed by atoms with Crippen molar-refractivity contribution < 1.29 is 0 Å². The van der Waals surface area contributed by atoms with Gasteiger partial charge in [0.25, 0.3) is 6.71 Å². The van der Waals surface area contributed by atoms with E-state index in [1.54, 1.807) is 0 Å². The minimum Gasteiger partial charge on any atom is -0.311 e. The molecule has 10 aromatic rings. The number of benzene rings is 9. The fourth-order valence-corrected chi connectivity index (χ4v) is 14.8. The zero-order valence-electron chi connectivity index (χ0n) is 42.4. The molecule has 0 fully saturated rings. The molecule has 0 unspecified atom stereocenters. The van der Waals surface area contributed by atoms with E-state index in [-0.39, 0.29) is 6.71 Å². The molecule has 0 saturated heterocycles. The first-order valence-corrected chi connectivity index (χ1v) is 26.9. The van der Waals surface area contributed by atoms with Crippen molar-refractivity contribution >= 4 is 78.0 Å². The maximum atomic E-state index is 2.63. The van der Waals surface area contributed by atoms with Crippen LogP contribution in [0.25, 0.3) is 43.5 Å². The Morgan fingerprint density at radius 1 is 0.458 bits per heavy atom. The van der Waals surface area contributed by atoms with Gasteiger partial charge in [-0.1, -0.05) is 174 Å². The number of fused-ring (bicyclic) bond motifs is 16. The first-order chi connectivity index (χ1) is 35.0. The van der Waals surface area contributed by atoms with Crippen molar-refractivity contribution in [2.45, 2.75) is 78.6 Å². The highest BCUT2D eigenvalue weighted by Gasteiger charge is 2.53. The molecule has 0 bridgehead atoms. The number of para-hydroxylation sites is 1. The van der Waals surface area contributed by atoms with Gasteiger partial charge in [0.1, 0.15) is 0 Å². The van der Waals surface area contributed by atoms with Crippen LogP contribution in [-0.4, -0.2) is 6.71 Å². The molecule has 2 aliphatic heterocycles. The molecule has 0 radical (unpaired) electrons. The van der Waals surface area contributed by atoms with E-state index in [0.717, 1.165) is 0 Å². The van der Waals surface area contributed by atoms with Crippen LogP contribution in [-0.2, 0) is 5.41 Å². The van der Waals surface area contributed by atoms with Gasteiger partial charge in [0.05, 0.1) is 11.1 Å². The van der Waals surface area contributed by atoms with Gasteiger partial charge >= 0.3 is 0 Å². The number of thiophene rings is 1. The predicted molar refractivity (Wildman–Crippen MR) is 309 cm³/mol. The van der Waals surface area contributed by atoms with Crippen LogP contribution in [0.3, 0.4) is 0 Å². The van der Waals surface area contributed by atoms with Crippen molar-refractivity contribution in [1.29, 1.82) is 0 Å². The number of nitrogens with zero attached hydrogens (tertiary/aromatic N) is 2. The lowest BCUT2D eigenvalue weighted by Crippen LogP contribution is -2.60. The summed E-state index contributed by atoms with van der Waals surface area (Å²) in [4.78, 5) is 5.21. The molecule has 9 aromatic carbocycles. The van der Waals surface area contributed by atoms with Crippen LogP contribution in [0.5, 0.6) is 0 Å². The van der Waals surface area contributed by atoms with E-state index < -0.39 is 5.41 Å². The average molecular weight is 945 g/mol. The van der Waals surface area contributed by atoms with E-state index in [4.69, 9.17) is 0 Å². The standard InChI is InChI=1S/C68H57BN2S/c1-39(2)44-27-31-52-53-37-54-63(38-58(53)68(57(52)35-44)55-23-14-12-19-50(55)51-20-13-15-24-56(51)68)72-67-66(54)71(47-29-25-42(7)26-30-47)62-34-43(8)33-61-65(62)69(67)59-32-28-45(36-60(59)70(61)46-17-10-9-11-18-46)64-48(40(3)4)21-16-22-49(64)41(5)6/h9-41H,1-8H3. The van der Waals surface area contributed by atoms with Crippen molar-refractivity contribution in [3.05, 3.63) is 232 Å². The molecule has 2 aliphatic carbocycles. The van der Waals surface area contributed by atoms with E-state index in [0.29, 0.717) is 17.8 Å². The van der Waals surface area contributed by atoms with Crippen molar-refractivity contribution in [1.82, 2.24) is 0 Å². The number of anilines is 6. The number of hydrogen-bond donors (Lipinski definition) is 0. The molecule has 1 aromatic heterocycles. The summed E-state index contributed by atoms with van der Waals surface area (Å²) < 4.78 is 2.73. The van der Waals surface area contributed by atoms with Crippen LogP contribution >= 0.6 is 11.3 Å². The first kappa shape index (κ1) is 43.4. The lowest BCUT2D eigenvalue weighted by Gasteiger charge is -2.43. The molecule has 0 N–H and O–H groups in total. The number of aryl methyl sites for hydroxylation is 2. The lowest BCUT2D eigenvalue weighted by molar-refractivity contribution is 0.785.